The van der Waals surface area contributed by atoms with Crippen LogP contribution in [0, 0.1) is 30.6 Å². The molecule has 27 heavy (non-hydrogen) atoms. The summed E-state index contributed by atoms with van der Waals surface area (Å²) in [5, 5.41) is 6.89. The third kappa shape index (κ3) is 4.75. The standard InChI is InChI=1S/C18H25N3O3.CH2O2/c1-4-24-18(23)17-11(2)5-6-13-8-21(9-14(13)17)16(22)7-15-12(3)19-10-20-15;2-1-3/h5-6,10-11,13-14,17H,4,7-9H2,1-3H3,(H,19,20);1H,(H,2,3)/t11-,13-,14-,17-;/m0./s1. The number of carbonyl (C=O) groups is 3. The number of aromatic nitrogens is 2. The molecule has 0 radical (unpaired) electrons. The van der Waals surface area contributed by atoms with E-state index < -0.39 is 0 Å². The summed E-state index contributed by atoms with van der Waals surface area (Å²) < 4.78 is 5.27. The van der Waals surface area contributed by atoms with Gasteiger partial charge in [0.2, 0.25) is 5.91 Å². The average Bonchev–Trinajstić information content (AvgIpc) is 3.22. The Bertz CT molecular complexity index is 699. The van der Waals surface area contributed by atoms with Crippen LogP contribution < -0.4 is 0 Å². The third-order valence-corrected chi connectivity index (χ3v) is 5.27. The maximum atomic E-state index is 12.6. The lowest BCUT2D eigenvalue weighted by molar-refractivity contribution is -0.152. The van der Waals surface area contributed by atoms with E-state index in [0.29, 0.717) is 26.1 Å². The number of esters is 1. The first-order valence-electron chi connectivity index (χ1n) is 9.12. The highest BCUT2D eigenvalue weighted by molar-refractivity contribution is 5.79. The number of fused-ring (bicyclic) bond motifs is 1. The zero-order chi connectivity index (χ0) is 20.0. The Hall–Kier alpha value is -2.64. The smallest absolute Gasteiger partial charge is 0.309 e. The summed E-state index contributed by atoms with van der Waals surface area (Å²) >= 11 is 0. The van der Waals surface area contributed by atoms with Crippen LogP contribution in [0.2, 0.25) is 0 Å². The Morgan fingerprint density at radius 3 is 2.70 bits per heavy atom. The Balaban J connectivity index is 0.000000817. The molecule has 0 spiro atoms. The fourth-order valence-corrected chi connectivity index (χ4v) is 3.92. The quantitative estimate of drug-likeness (QED) is 0.466. The molecule has 1 aromatic heterocycles. The van der Waals surface area contributed by atoms with E-state index >= 15 is 0 Å². The Labute approximate surface area is 158 Å². The predicted molar refractivity (Wildman–Crippen MR) is 97.7 cm³/mol. The summed E-state index contributed by atoms with van der Waals surface area (Å²) in [6.45, 7) is 7.23. The SMILES string of the molecule is CCOC(=O)[C@@H]1[C@H]2CN(C(=O)Cc3nc[nH]c3C)C[C@@H]2C=C[C@@H]1C.O=CO. The molecule has 8 heteroatoms. The van der Waals surface area contributed by atoms with Gasteiger partial charge in [0.1, 0.15) is 0 Å². The van der Waals surface area contributed by atoms with E-state index in [1.807, 2.05) is 25.7 Å². The third-order valence-electron chi connectivity index (χ3n) is 5.27. The van der Waals surface area contributed by atoms with Gasteiger partial charge in [0.15, 0.2) is 0 Å². The highest BCUT2D eigenvalue weighted by Gasteiger charge is 2.45. The number of aromatic amines is 1. The number of amides is 1. The Morgan fingerprint density at radius 2 is 2.11 bits per heavy atom. The monoisotopic (exact) mass is 377 g/mol. The lowest BCUT2D eigenvalue weighted by atomic mass is 9.72. The minimum absolute atomic E-state index is 0.0725. The first-order chi connectivity index (χ1) is 12.9. The molecule has 1 aliphatic carbocycles. The second kappa shape index (κ2) is 9.34. The molecule has 2 aliphatic rings. The number of nitrogens with zero attached hydrogens (tertiary/aromatic N) is 2. The van der Waals surface area contributed by atoms with Gasteiger partial charge in [-0.3, -0.25) is 14.4 Å². The number of imidazole rings is 1. The van der Waals surface area contributed by atoms with Gasteiger partial charge in [0.25, 0.3) is 6.47 Å². The summed E-state index contributed by atoms with van der Waals surface area (Å²) in [4.78, 5) is 42.4. The van der Waals surface area contributed by atoms with Gasteiger partial charge in [0.05, 0.1) is 31.0 Å². The molecule has 0 bridgehead atoms. The zero-order valence-corrected chi connectivity index (χ0v) is 15.9. The van der Waals surface area contributed by atoms with E-state index in [-0.39, 0.29) is 42.0 Å². The minimum atomic E-state index is -0.250. The summed E-state index contributed by atoms with van der Waals surface area (Å²) in [5.41, 5.74) is 1.72. The first kappa shape index (κ1) is 20.7. The van der Waals surface area contributed by atoms with E-state index in [4.69, 9.17) is 14.6 Å². The van der Waals surface area contributed by atoms with E-state index in [1.54, 1.807) is 6.33 Å². The van der Waals surface area contributed by atoms with E-state index in [1.165, 1.54) is 0 Å². The molecule has 4 atom stereocenters. The van der Waals surface area contributed by atoms with E-state index in [2.05, 4.69) is 22.1 Å². The molecule has 148 valence electrons. The molecule has 3 rings (SSSR count). The van der Waals surface area contributed by atoms with Crippen LogP contribution in [0.3, 0.4) is 0 Å². The summed E-state index contributed by atoms with van der Waals surface area (Å²) in [5.74, 6) is 0.303. The number of allylic oxidation sites excluding steroid dienone is 1. The van der Waals surface area contributed by atoms with Crippen molar-refractivity contribution in [2.24, 2.45) is 23.7 Å². The topological polar surface area (TPSA) is 113 Å². The number of rotatable bonds is 4. The number of ether oxygens (including phenoxy) is 1. The van der Waals surface area contributed by atoms with Crippen molar-refractivity contribution in [1.29, 1.82) is 0 Å². The maximum Gasteiger partial charge on any atom is 0.309 e. The molecule has 1 aromatic rings. The van der Waals surface area contributed by atoms with Crippen LogP contribution in [0.4, 0.5) is 0 Å². The molecule has 8 nitrogen and oxygen atoms in total. The molecule has 0 saturated carbocycles. The molecular formula is C19H27N3O5. The molecule has 1 saturated heterocycles. The molecule has 0 unspecified atom stereocenters. The number of carbonyl (C=O) groups excluding carboxylic acids is 2. The number of hydrogen-bond acceptors (Lipinski definition) is 5. The van der Waals surface area contributed by atoms with Gasteiger partial charge in [-0.25, -0.2) is 4.98 Å². The lowest BCUT2D eigenvalue weighted by Gasteiger charge is -2.31. The number of carboxylic acid groups (broad SMARTS) is 1. The molecule has 1 fully saturated rings. The average molecular weight is 377 g/mol. The van der Waals surface area contributed by atoms with Gasteiger partial charge in [-0.2, -0.15) is 0 Å². The number of aryl methyl sites for hydroxylation is 1. The van der Waals surface area contributed by atoms with Crippen LogP contribution in [-0.4, -0.2) is 58.0 Å². The van der Waals surface area contributed by atoms with Crippen molar-refractivity contribution in [3.05, 3.63) is 29.9 Å². The molecule has 1 amide bonds. The van der Waals surface area contributed by atoms with Crippen LogP contribution in [-0.2, 0) is 25.5 Å². The van der Waals surface area contributed by atoms with Crippen LogP contribution in [0.1, 0.15) is 25.2 Å². The Morgan fingerprint density at radius 1 is 1.41 bits per heavy atom. The van der Waals surface area contributed by atoms with Gasteiger partial charge in [-0.05, 0) is 31.6 Å². The normalized spacial score (nSPS) is 26.0. The van der Waals surface area contributed by atoms with Crippen molar-refractivity contribution >= 4 is 18.3 Å². The van der Waals surface area contributed by atoms with Crippen molar-refractivity contribution in [3.8, 4) is 0 Å². The highest BCUT2D eigenvalue weighted by atomic mass is 16.5. The molecular weight excluding hydrogens is 350 g/mol. The summed E-state index contributed by atoms with van der Waals surface area (Å²) in [6, 6.07) is 0. The van der Waals surface area contributed by atoms with Crippen molar-refractivity contribution in [1.82, 2.24) is 14.9 Å². The number of hydrogen-bond donors (Lipinski definition) is 2. The van der Waals surface area contributed by atoms with Crippen molar-refractivity contribution < 1.29 is 24.2 Å². The van der Waals surface area contributed by atoms with Gasteiger partial charge in [0, 0.05) is 18.8 Å². The van der Waals surface area contributed by atoms with Gasteiger partial charge >= 0.3 is 5.97 Å². The second-order valence-corrected chi connectivity index (χ2v) is 6.90. The van der Waals surface area contributed by atoms with Gasteiger partial charge in [-0.1, -0.05) is 19.1 Å². The predicted octanol–water partition coefficient (Wildman–Crippen LogP) is 1.42. The fourth-order valence-electron chi connectivity index (χ4n) is 3.92. The zero-order valence-electron chi connectivity index (χ0n) is 15.9. The second-order valence-electron chi connectivity index (χ2n) is 6.90. The van der Waals surface area contributed by atoms with Crippen LogP contribution >= 0.6 is 0 Å². The molecule has 1 aliphatic heterocycles. The fraction of sp³-hybridized carbons (Fsp3) is 0.579. The number of H-pyrrole nitrogens is 1. The maximum absolute atomic E-state index is 12.6. The van der Waals surface area contributed by atoms with Gasteiger partial charge < -0.3 is 19.7 Å². The first-order valence-corrected chi connectivity index (χ1v) is 9.12. The van der Waals surface area contributed by atoms with Crippen molar-refractivity contribution in [2.45, 2.75) is 27.2 Å². The summed E-state index contributed by atoms with van der Waals surface area (Å²) in [6.07, 6.45) is 6.17. The molecule has 0 aromatic carbocycles. The van der Waals surface area contributed by atoms with Gasteiger partial charge in [-0.15, -0.1) is 0 Å². The number of likely N-dealkylation sites (tertiary alicyclic amines) is 1. The largest absolute Gasteiger partial charge is 0.483 e. The van der Waals surface area contributed by atoms with E-state index in [0.717, 1.165) is 11.4 Å². The van der Waals surface area contributed by atoms with Crippen molar-refractivity contribution in [2.75, 3.05) is 19.7 Å². The van der Waals surface area contributed by atoms with Crippen LogP contribution in [0.5, 0.6) is 0 Å². The summed E-state index contributed by atoms with van der Waals surface area (Å²) in [7, 11) is 0. The molecule has 2 heterocycles. The van der Waals surface area contributed by atoms with Crippen LogP contribution in [0.25, 0.3) is 0 Å². The Kier molecular flexibility index (Phi) is 7.15. The lowest BCUT2D eigenvalue weighted by Crippen LogP contribution is -2.37. The van der Waals surface area contributed by atoms with Crippen LogP contribution in [0.15, 0.2) is 18.5 Å². The van der Waals surface area contributed by atoms with E-state index in [9.17, 15) is 9.59 Å². The highest BCUT2D eigenvalue weighted by Crippen LogP contribution is 2.40. The number of nitrogens with one attached hydrogen (secondary N) is 1. The van der Waals surface area contributed by atoms with Crippen molar-refractivity contribution in [3.63, 3.8) is 0 Å². The minimum Gasteiger partial charge on any atom is -0.483 e. The molecule has 2 N–H and O–H groups in total.